The molecule has 1 aliphatic carbocycles. The molecule has 154 valence electrons. The largest absolute Gasteiger partial charge is 0.487 e. The van der Waals surface area contributed by atoms with E-state index in [0.29, 0.717) is 6.54 Å². The number of nitrogens with one attached hydrogen (secondary N) is 2. The van der Waals surface area contributed by atoms with Gasteiger partial charge in [0.15, 0.2) is 5.96 Å². The van der Waals surface area contributed by atoms with E-state index in [2.05, 4.69) is 50.9 Å². The first-order valence-corrected chi connectivity index (χ1v) is 10.5. The van der Waals surface area contributed by atoms with E-state index in [4.69, 9.17) is 4.74 Å². The Morgan fingerprint density at radius 1 is 1.21 bits per heavy atom. The van der Waals surface area contributed by atoms with Crippen molar-refractivity contribution < 1.29 is 4.74 Å². The van der Waals surface area contributed by atoms with Crippen molar-refractivity contribution in [2.45, 2.75) is 50.3 Å². The quantitative estimate of drug-likeness (QED) is 0.613. The van der Waals surface area contributed by atoms with Crippen molar-refractivity contribution in [3.8, 4) is 5.75 Å². The number of anilines is 1. The zero-order chi connectivity index (χ0) is 20.3. The third-order valence-electron chi connectivity index (χ3n) is 5.97. The fraction of sp³-hybridized carbons (Fsp3) is 0.478. The van der Waals surface area contributed by atoms with Crippen LogP contribution < -0.4 is 20.3 Å². The number of pyridine rings is 1. The highest BCUT2D eigenvalue weighted by Gasteiger charge is 2.43. The number of aromatic nitrogens is 1. The molecule has 4 rings (SSSR count). The minimum Gasteiger partial charge on any atom is -0.487 e. The monoisotopic (exact) mass is 393 g/mol. The van der Waals surface area contributed by atoms with Gasteiger partial charge in [-0.15, -0.1) is 0 Å². The van der Waals surface area contributed by atoms with Crippen molar-refractivity contribution in [2.24, 2.45) is 4.99 Å². The average Bonchev–Trinajstić information content (AvgIpc) is 3.18. The van der Waals surface area contributed by atoms with Crippen molar-refractivity contribution in [1.82, 2.24) is 15.6 Å². The first-order chi connectivity index (χ1) is 14.1. The molecule has 1 aromatic heterocycles. The Bertz CT molecular complexity index is 856. The first-order valence-electron chi connectivity index (χ1n) is 10.5. The summed E-state index contributed by atoms with van der Waals surface area (Å²) in [6, 6.07) is 12.7. The van der Waals surface area contributed by atoms with Gasteiger partial charge in [0.05, 0.1) is 6.04 Å². The summed E-state index contributed by atoms with van der Waals surface area (Å²) < 4.78 is 6.47. The predicted molar refractivity (Wildman–Crippen MR) is 118 cm³/mol. The van der Waals surface area contributed by atoms with Gasteiger partial charge in [-0.25, -0.2) is 4.98 Å². The molecule has 0 bridgehead atoms. The van der Waals surface area contributed by atoms with Crippen LogP contribution >= 0.6 is 0 Å². The molecule has 2 aromatic rings. The van der Waals surface area contributed by atoms with E-state index in [1.807, 2.05) is 38.3 Å². The Hall–Kier alpha value is -2.76. The van der Waals surface area contributed by atoms with Crippen LogP contribution in [0.25, 0.3) is 0 Å². The van der Waals surface area contributed by atoms with Gasteiger partial charge >= 0.3 is 0 Å². The zero-order valence-electron chi connectivity index (χ0n) is 17.6. The van der Waals surface area contributed by atoms with E-state index in [0.717, 1.165) is 42.4 Å². The molecular formula is C23H31N5O. The second kappa shape index (κ2) is 8.31. The maximum Gasteiger partial charge on any atom is 0.191 e. The molecule has 2 heterocycles. The van der Waals surface area contributed by atoms with Crippen LogP contribution in [0.3, 0.4) is 0 Å². The molecule has 6 nitrogen and oxygen atoms in total. The molecule has 29 heavy (non-hydrogen) atoms. The standard InChI is InChI=1S/C23H31N5O/c1-24-22(26-16-17-10-11-21(25-15-17)28(2)3)27-19-14-23(12-6-7-13-23)29-20-9-5-4-8-18(19)20/h4-5,8-11,15,19H,6-7,12-14,16H2,1-3H3,(H2,24,26,27). The van der Waals surface area contributed by atoms with Gasteiger partial charge in [0, 0.05) is 45.9 Å². The summed E-state index contributed by atoms with van der Waals surface area (Å²) in [7, 11) is 5.81. The average molecular weight is 394 g/mol. The van der Waals surface area contributed by atoms with E-state index in [1.54, 1.807) is 0 Å². The van der Waals surface area contributed by atoms with Gasteiger partial charge in [-0.1, -0.05) is 24.3 Å². The lowest BCUT2D eigenvalue weighted by molar-refractivity contribution is 0.0396. The summed E-state index contributed by atoms with van der Waals surface area (Å²) in [5, 5.41) is 7.08. The summed E-state index contributed by atoms with van der Waals surface area (Å²) in [5.41, 5.74) is 2.31. The van der Waals surface area contributed by atoms with Gasteiger partial charge in [0.2, 0.25) is 0 Å². The molecule has 0 radical (unpaired) electrons. The maximum atomic E-state index is 6.47. The number of hydrogen-bond donors (Lipinski definition) is 2. The van der Waals surface area contributed by atoms with Gasteiger partial charge in [-0.2, -0.15) is 0 Å². The molecule has 2 aliphatic rings. The van der Waals surface area contributed by atoms with Gasteiger partial charge in [-0.3, -0.25) is 4.99 Å². The number of nitrogens with zero attached hydrogens (tertiary/aromatic N) is 3. The van der Waals surface area contributed by atoms with Gasteiger partial charge < -0.3 is 20.3 Å². The third-order valence-corrected chi connectivity index (χ3v) is 5.97. The minimum atomic E-state index is -0.0310. The summed E-state index contributed by atoms with van der Waals surface area (Å²) >= 11 is 0. The molecule has 2 N–H and O–H groups in total. The van der Waals surface area contributed by atoms with Crippen LogP contribution in [0.15, 0.2) is 47.6 Å². The molecule has 1 spiro atoms. The van der Waals surface area contributed by atoms with Gasteiger partial charge in [-0.05, 0) is 43.4 Å². The highest BCUT2D eigenvalue weighted by atomic mass is 16.5. The summed E-state index contributed by atoms with van der Waals surface area (Å²) in [5.74, 6) is 2.77. The van der Waals surface area contributed by atoms with E-state index in [-0.39, 0.29) is 11.6 Å². The van der Waals surface area contributed by atoms with Crippen molar-refractivity contribution in [3.05, 3.63) is 53.7 Å². The van der Waals surface area contributed by atoms with Gasteiger partial charge in [0.25, 0.3) is 0 Å². The molecule has 0 saturated heterocycles. The van der Waals surface area contributed by atoms with Crippen LogP contribution in [0.1, 0.15) is 49.3 Å². The molecule has 0 amide bonds. The van der Waals surface area contributed by atoms with Crippen LogP contribution in [0.4, 0.5) is 5.82 Å². The molecular weight excluding hydrogens is 362 g/mol. The highest BCUT2D eigenvalue weighted by Crippen LogP contribution is 2.46. The molecule has 1 unspecified atom stereocenters. The summed E-state index contributed by atoms with van der Waals surface area (Å²) in [6.45, 7) is 0.677. The molecule has 1 fully saturated rings. The number of aliphatic imine (C=N–C) groups is 1. The highest BCUT2D eigenvalue weighted by molar-refractivity contribution is 5.80. The van der Waals surface area contributed by atoms with Crippen molar-refractivity contribution in [3.63, 3.8) is 0 Å². The summed E-state index contributed by atoms with van der Waals surface area (Å²) in [4.78, 5) is 10.9. The molecule has 6 heteroatoms. The number of hydrogen-bond acceptors (Lipinski definition) is 4. The van der Waals surface area contributed by atoms with Crippen LogP contribution in [-0.4, -0.2) is 37.7 Å². The number of rotatable bonds is 4. The Morgan fingerprint density at radius 2 is 2.00 bits per heavy atom. The smallest absolute Gasteiger partial charge is 0.191 e. The lowest BCUT2D eigenvalue weighted by Gasteiger charge is -2.40. The second-order valence-electron chi connectivity index (χ2n) is 8.28. The number of ether oxygens (including phenoxy) is 1. The van der Waals surface area contributed by atoms with Crippen LogP contribution in [-0.2, 0) is 6.54 Å². The molecule has 1 atom stereocenters. The fourth-order valence-corrected chi connectivity index (χ4v) is 4.40. The second-order valence-corrected chi connectivity index (χ2v) is 8.28. The third kappa shape index (κ3) is 4.31. The Balaban J connectivity index is 1.45. The minimum absolute atomic E-state index is 0.0310. The molecule has 1 aliphatic heterocycles. The maximum absolute atomic E-state index is 6.47. The van der Waals surface area contributed by atoms with E-state index in [9.17, 15) is 0 Å². The van der Waals surface area contributed by atoms with Crippen LogP contribution in [0, 0.1) is 0 Å². The predicted octanol–water partition coefficient (Wildman–Crippen LogP) is 3.65. The number of benzene rings is 1. The Morgan fingerprint density at radius 3 is 2.69 bits per heavy atom. The lowest BCUT2D eigenvalue weighted by atomic mass is 9.86. The molecule has 1 saturated carbocycles. The van der Waals surface area contributed by atoms with E-state index >= 15 is 0 Å². The molecule has 1 aromatic carbocycles. The Labute approximate surface area is 173 Å². The first kappa shape index (κ1) is 19.6. The SMILES string of the molecule is CN=C(NCc1ccc(N(C)C)nc1)NC1CC2(CCCC2)Oc2ccccc21. The van der Waals surface area contributed by atoms with E-state index in [1.165, 1.54) is 18.4 Å². The topological polar surface area (TPSA) is 61.8 Å². The van der Waals surface area contributed by atoms with Crippen molar-refractivity contribution >= 4 is 11.8 Å². The van der Waals surface area contributed by atoms with Crippen LogP contribution in [0.2, 0.25) is 0 Å². The van der Waals surface area contributed by atoms with Crippen molar-refractivity contribution in [1.29, 1.82) is 0 Å². The van der Waals surface area contributed by atoms with Gasteiger partial charge in [0.1, 0.15) is 17.2 Å². The Kier molecular flexibility index (Phi) is 5.60. The van der Waals surface area contributed by atoms with Crippen LogP contribution in [0.5, 0.6) is 5.75 Å². The fourth-order valence-electron chi connectivity index (χ4n) is 4.40. The number of guanidine groups is 1. The number of fused-ring (bicyclic) bond motifs is 1. The van der Waals surface area contributed by atoms with E-state index < -0.39 is 0 Å². The number of para-hydroxylation sites is 1. The van der Waals surface area contributed by atoms with Crippen molar-refractivity contribution in [2.75, 3.05) is 26.0 Å². The lowest BCUT2D eigenvalue weighted by Crippen LogP contribution is -2.46. The zero-order valence-corrected chi connectivity index (χ0v) is 17.6. The normalized spacial score (nSPS) is 20.1. The summed E-state index contributed by atoms with van der Waals surface area (Å²) in [6.07, 6.45) is 7.65.